The molecule has 0 aromatic carbocycles. The van der Waals surface area contributed by atoms with Crippen LogP contribution in [0.3, 0.4) is 0 Å². The molecule has 7 heteroatoms. The smallest absolute Gasteiger partial charge is 0.150 e. The van der Waals surface area contributed by atoms with Gasteiger partial charge in [0.2, 0.25) is 0 Å². The fraction of sp³-hybridized carbons (Fsp3) is 1.00. The van der Waals surface area contributed by atoms with E-state index in [1.165, 1.54) is 0 Å². The minimum absolute atomic E-state index is 0.0350. The summed E-state index contributed by atoms with van der Waals surface area (Å²) >= 11 is 0. The van der Waals surface area contributed by atoms with Crippen molar-refractivity contribution in [1.29, 1.82) is 0 Å². The van der Waals surface area contributed by atoms with E-state index in [4.69, 9.17) is 5.73 Å². The predicted octanol–water partition coefficient (Wildman–Crippen LogP) is -0.569. The Bertz CT molecular complexity index is 371. The third-order valence-corrected chi connectivity index (χ3v) is 4.93. The van der Waals surface area contributed by atoms with E-state index in [1.807, 2.05) is 0 Å². The van der Waals surface area contributed by atoms with Crippen molar-refractivity contribution in [3.8, 4) is 0 Å². The third kappa shape index (κ3) is 8.83. The Morgan fingerprint density at radius 1 is 1.13 bits per heavy atom. The lowest BCUT2D eigenvalue weighted by atomic mass is 10.2. The number of hydrogen-bond donors (Lipinski definition) is 1. The van der Waals surface area contributed by atoms with Crippen LogP contribution in [0, 0.1) is 5.92 Å². The quantitative estimate of drug-likeness (QED) is 0.659. The highest BCUT2D eigenvalue weighted by Crippen LogP contribution is 2.03. The molecule has 1 unspecified atom stereocenters. The second-order valence-electron chi connectivity index (χ2n) is 3.94. The highest BCUT2D eigenvalue weighted by atomic mass is 32.2. The maximum atomic E-state index is 11.4. The van der Waals surface area contributed by atoms with Crippen LogP contribution in [0.4, 0.5) is 0 Å². The highest BCUT2D eigenvalue weighted by Gasteiger charge is 2.15. The van der Waals surface area contributed by atoms with Crippen LogP contribution in [0.1, 0.15) is 13.3 Å². The van der Waals surface area contributed by atoms with E-state index < -0.39 is 19.7 Å². The summed E-state index contributed by atoms with van der Waals surface area (Å²) < 4.78 is 44.4. The average Bonchev–Trinajstić information content (AvgIpc) is 2.00. The minimum Gasteiger partial charge on any atom is -0.330 e. The molecule has 0 aromatic heterocycles. The molecule has 0 aliphatic rings. The minimum atomic E-state index is -3.16. The van der Waals surface area contributed by atoms with Gasteiger partial charge in [-0.1, -0.05) is 6.92 Å². The van der Waals surface area contributed by atoms with Crippen molar-refractivity contribution in [2.24, 2.45) is 11.7 Å². The summed E-state index contributed by atoms with van der Waals surface area (Å²) in [6.07, 6.45) is 1.26. The van der Waals surface area contributed by atoms with Gasteiger partial charge in [-0.3, -0.25) is 0 Å². The number of hydrogen-bond acceptors (Lipinski definition) is 5. The zero-order valence-electron chi connectivity index (χ0n) is 9.14. The molecule has 0 rings (SSSR count). The fourth-order valence-electron chi connectivity index (χ4n) is 1.13. The molecule has 0 saturated carbocycles. The fourth-order valence-corrected chi connectivity index (χ4v) is 3.73. The summed E-state index contributed by atoms with van der Waals surface area (Å²) in [5, 5.41) is 0. The van der Waals surface area contributed by atoms with Gasteiger partial charge >= 0.3 is 0 Å². The second kappa shape index (κ2) is 5.81. The lowest BCUT2D eigenvalue weighted by Gasteiger charge is -2.08. The van der Waals surface area contributed by atoms with Crippen LogP contribution in [0.5, 0.6) is 0 Å². The van der Waals surface area contributed by atoms with Gasteiger partial charge in [-0.15, -0.1) is 0 Å². The Morgan fingerprint density at radius 2 is 1.67 bits per heavy atom. The molecule has 0 heterocycles. The summed E-state index contributed by atoms with van der Waals surface area (Å²) in [5.41, 5.74) is 5.32. The summed E-state index contributed by atoms with van der Waals surface area (Å²) in [6.45, 7) is 2.08. The van der Waals surface area contributed by atoms with Gasteiger partial charge < -0.3 is 5.73 Å². The maximum Gasteiger partial charge on any atom is 0.150 e. The van der Waals surface area contributed by atoms with Gasteiger partial charge in [0.25, 0.3) is 0 Å². The first-order chi connectivity index (χ1) is 6.66. The van der Waals surface area contributed by atoms with Crippen LogP contribution >= 0.6 is 0 Å². The Morgan fingerprint density at radius 3 is 2.07 bits per heavy atom. The molecular formula is C8H19NO4S2. The molecular weight excluding hydrogens is 238 g/mol. The monoisotopic (exact) mass is 257 g/mol. The molecule has 0 saturated heterocycles. The molecule has 0 bridgehead atoms. The predicted molar refractivity (Wildman–Crippen MR) is 61.2 cm³/mol. The molecule has 0 spiro atoms. The van der Waals surface area contributed by atoms with Crippen LogP contribution in [-0.2, 0) is 19.7 Å². The zero-order chi connectivity index (χ0) is 12.1. The molecule has 0 radical (unpaired) electrons. The van der Waals surface area contributed by atoms with E-state index in [-0.39, 0.29) is 29.6 Å². The summed E-state index contributed by atoms with van der Waals surface area (Å²) in [4.78, 5) is 0. The first-order valence-corrected chi connectivity index (χ1v) is 8.62. The number of sulfone groups is 2. The van der Waals surface area contributed by atoms with E-state index in [2.05, 4.69) is 0 Å². The molecule has 15 heavy (non-hydrogen) atoms. The molecule has 0 fully saturated rings. The molecule has 1 atom stereocenters. The Labute approximate surface area is 91.9 Å². The van der Waals surface area contributed by atoms with Gasteiger partial charge in [-0.25, -0.2) is 16.8 Å². The SMILES string of the molecule is CC(CN)CS(=O)(=O)CCCS(C)(=O)=O. The van der Waals surface area contributed by atoms with Gasteiger partial charge in [0.1, 0.15) is 9.84 Å². The van der Waals surface area contributed by atoms with Gasteiger partial charge in [-0.05, 0) is 18.9 Å². The van der Waals surface area contributed by atoms with Gasteiger partial charge in [-0.2, -0.15) is 0 Å². The van der Waals surface area contributed by atoms with Crippen molar-refractivity contribution in [1.82, 2.24) is 0 Å². The Balaban J connectivity index is 4.07. The molecule has 0 aliphatic heterocycles. The molecule has 5 nitrogen and oxygen atoms in total. The lowest BCUT2D eigenvalue weighted by Crippen LogP contribution is -2.23. The zero-order valence-corrected chi connectivity index (χ0v) is 10.8. The normalized spacial score (nSPS) is 15.1. The molecule has 0 aliphatic carbocycles. The molecule has 92 valence electrons. The van der Waals surface area contributed by atoms with Crippen LogP contribution in [0.2, 0.25) is 0 Å². The van der Waals surface area contributed by atoms with E-state index in [1.54, 1.807) is 6.92 Å². The summed E-state index contributed by atoms with van der Waals surface area (Å²) in [5.74, 6) is -0.200. The van der Waals surface area contributed by atoms with Gasteiger partial charge in [0.05, 0.1) is 17.3 Å². The van der Waals surface area contributed by atoms with Gasteiger partial charge in [0, 0.05) is 6.26 Å². The summed E-state index contributed by atoms with van der Waals surface area (Å²) in [6, 6.07) is 0. The lowest BCUT2D eigenvalue weighted by molar-refractivity contribution is 0.572. The molecule has 0 aromatic rings. The van der Waals surface area contributed by atoms with E-state index in [0.29, 0.717) is 6.54 Å². The van der Waals surface area contributed by atoms with Crippen LogP contribution in [0.15, 0.2) is 0 Å². The number of nitrogens with two attached hydrogens (primary N) is 1. The Kier molecular flexibility index (Phi) is 5.76. The first-order valence-electron chi connectivity index (χ1n) is 4.74. The van der Waals surface area contributed by atoms with Crippen LogP contribution in [0.25, 0.3) is 0 Å². The van der Waals surface area contributed by atoms with Crippen molar-refractivity contribution in [2.45, 2.75) is 13.3 Å². The van der Waals surface area contributed by atoms with E-state index >= 15 is 0 Å². The van der Waals surface area contributed by atoms with E-state index in [0.717, 1.165) is 6.26 Å². The maximum absolute atomic E-state index is 11.4. The first kappa shape index (κ1) is 14.9. The van der Waals surface area contributed by atoms with Crippen LogP contribution in [-0.4, -0.2) is 46.9 Å². The molecule has 2 N–H and O–H groups in total. The highest BCUT2D eigenvalue weighted by molar-refractivity contribution is 7.92. The standard InChI is InChI=1S/C8H19NO4S2/c1-8(6-9)7-15(12,13)5-3-4-14(2,10)11/h8H,3-7,9H2,1-2H3. The van der Waals surface area contributed by atoms with E-state index in [9.17, 15) is 16.8 Å². The second-order valence-corrected chi connectivity index (χ2v) is 8.43. The van der Waals surface area contributed by atoms with Crippen molar-refractivity contribution in [3.05, 3.63) is 0 Å². The van der Waals surface area contributed by atoms with Gasteiger partial charge in [0.15, 0.2) is 9.84 Å². The van der Waals surface area contributed by atoms with Crippen molar-refractivity contribution < 1.29 is 16.8 Å². The topological polar surface area (TPSA) is 94.3 Å². The largest absolute Gasteiger partial charge is 0.330 e. The summed E-state index contributed by atoms with van der Waals surface area (Å²) in [7, 11) is -6.23. The van der Waals surface area contributed by atoms with Crippen molar-refractivity contribution in [2.75, 3.05) is 30.1 Å². The Hall–Kier alpha value is -0.140. The average molecular weight is 257 g/mol. The van der Waals surface area contributed by atoms with Crippen molar-refractivity contribution >= 4 is 19.7 Å². The number of rotatable bonds is 7. The van der Waals surface area contributed by atoms with Crippen LogP contribution < -0.4 is 5.73 Å². The molecule has 0 amide bonds. The third-order valence-electron chi connectivity index (χ3n) is 1.91. The van der Waals surface area contributed by atoms with Crippen molar-refractivity contribution in [3.63, 3.8) is 0 Å².